The summed E-state index contributed by atoms with van der Waals surface area (Å²) < 4.78 is 0. The van der Waals surface area contributed by atoms with Crippen LogP contribution in [-0.2, 0) is 0 Å². The van der Waals surface area contributed by atoms with Crippen LogP contribution < -0.4 is 4.90 Å². The van der Waals surface area contributed by atoms with E-state index in [-0.39, 0.29) is 6.61 Å². The Morgan fingerprint density at radius 2 is 2.38 bits per heavy atom. The van der Waals surface area contributed by atoms with Crippen LogP contribution in [-0.4, -0.2) is 29.8 Å². The van der Waals surface area contributed by atoms with E-state index in [9.17, 15) is 0 Å². The Labute approximate surface area is 78.3 Å². The number of aromatic nitrogens is 1. The predicted octanol–water partition coefficient (Wildman–Crippen LogP) is 1.07. The standard InChI is InChI=1S/C10H14N2O/c1-2-7-12(8-9-13)10-5-3-4-6-11-10/h2-6,13H,1,7-9H2. The van der Waals surface area contributed by atoms with Crippen LogP contribution in [0.3, 0.4) is 0 Å². The van der Waals surface area contributed by atoms with Gasteiger partial charge >= 0.3 is 0 Å². The monoisotopic (exact) mass is 178 g/mol. The summed E-state index contributed by atoms with van der Waals surface area (Å²) in [6.07, 6.45) is 3.53. The Bertz CT molecular complexity index is 248. The minimum atomic E-state index is 0.129. The molecule has 0 aromatic carbocycles. The van der Waals surface area contributed by atoms with Crippen molar-refractivity contribution < 1.29 is 5.11 Å². The van der Waals surface area contributed by atoms with E-state index in [0.29, 0.717) is 13.1 Å². The van der Waals surface area contributed by atoms with Crippen LogP contribution in [0.2, 0.25) is 0 Å². The van der Waals surface area contributed by atoms with Crippen LogP contribution in [0.5, 0.6) is 0 Å². The first-order valence-electron chi connectivity index (χ1n) is 4.26. The highest BCUT2D eigenvalue weighted by molar-refractivity contribution is 5.38. The summed E-state index contributed by atoms with van der Waals surface area (Å²) >= 11 is 0. The molecule has 1 aromatic rings. The first-order valence-corrected chi connectivity index (χ1v) is 4.26. The highest BCUT2D eigenvalue weighted by Crippen LogP contribution is 2.07. The summed E-state index contributed by atoms with van der Waals surface area (Å²) in [4.78, 5) is 6.15. The fraction of sp³-hybridized carbons (Fsp3) is 0.300. The van der Waals surface area contributed by atoms with Crippen molar-refractivity contribution in [2.45, 2.75) is 0 Å². The van der Waals surface area contributed by atoms with Gasteiger partial charge in [-0.25, -0.2) is 4.98 Å². The summed E-state index contributed by atoms with van der Waals surface area (Å²) in [5.41, 5.74) is 0. The molecule has 0 atom stereocenters. The largest absolute Gasteiger partial charge is 0.395 e. The molecule has 3 heteroatoms. The molecule has 70 valence electrons. The van der Waals surface area contributed by atoms with Crippen molar-refractivity contribution in [2.75, 3.05) is 24.6 Å². The maximum atomic E-state index is 8.82. The topological polar surface area (TPSA) is 36.4 Å². The van der Waals surface area contributed by atoms with E-state index in [1.165, 1.54) is 0 Å². The predicted molar refractivity (Wildman–Crippen MR) is 53.7 cm³/mol. The number of hydrogen-bond donors (Lipinski definition) is 1. The molecular weight excluding hydrogens is 164 g/mol. The molecule has 0 spiro atoms. The number of nitrogens with zero attached hydrogens (tertiary/aromatic N) is 2. The smallest absolute Gasteiger partial charge is 0.128 e. The SMILES string of the molecule is C=CCN(CCO)c1ccccn1. The van der Waals surface area contributed by atoms with Crippen molar-refractivity contribution in [1.82, 2.24) is 4.98 Å². The Kier molecular flexibility index (Phi) is 3.99. The maximum Gasteiger partial charge on any atom is 0.128 e. The van der Waals surface area contributed by atoms with Gasteiger partial charge in [0.25, 0.3) is 0 Å². The van der Waals surface area contributed by atoms with E-state index in [2.05, 4.69) is 11.6 Å². The summed E-state index contributed by atoms with van der Waals surface area (Å²) in [5, 5.41) is 8.82. The van der Waals surface area contributed by atoms with E-state index < -0.39 is 0 Å². The van der Waals surface area contributed by atoms with Crippen molar-refractivity contribution in [3.05, 3.63) is 37.1 Å². The Hall–Kier alpha value is -1.35. The van der Waals surface area contributed by atoms with E-state index in [1.807, 2.05) is 23.1 Å². The molecule has 1 rings (SSSR count). The highest BCUT2D eigenvalue weighted by atomic mass is 16.3. The first-order chi connectivity index (χ1) is 6.38. The number of hydrogen-bond acceptors (Lipinski definition) is 3. The van der Waals surface area contributed by atoms with Crippen LogP contribution in [0.15, 0.2) is 37.1 Å². The lowest BCUT2D eigenvalue weighted by Crippen LogP contribution is -2.27. The van der Waals surface area contributed by atoms with Gasteiger partial charge in [0.2, 0.25) is 0 Å². The number of aliphatic hydroxyl groups is 1. The highest BCUT2D eigenvalue weighted by Gasteiger charge is 2.02. The quantitative estimate of drug-likeness (QED) is 0.685. The van der Waals surface area contributed by atoms with Crippen LogP contribution in [0.25, 0.3) is 0 Å². The van der Waals surface area contributed by atoms with Crippen LogP contribution in [0, 0.1) is 0 Å². The van der Waals surface area contributed by atoms with Gasteiger partial charge in [-0.05, 0) is 12.1 Å². The Balaban J connectivity index is 2.69. The van der Waals surface area contributed by atoms with Gasteiger partial charge in [-0.2, -0.15) is 0 Å². The van der Waals surface area contributed by atoms with E-state index in [1.54, 1.807) is 12.3 Å². The van der Waals surface area contributed by atoms with Crippen molar-refractivity contribution >= 4 is 5.82 Å². The third kappa shape index (κ3) is 2.87. The molecule has 13 heavy (non-hydrogen) atoms. The van der Waals surface area contributed by atoms with Gasteiger partial charge in [0.1, 0.15) is 5.82 Å². The lowest BCUT2D eigenvalue weighted by atomic mass is 10.4. The Morgan fingerprint density at radius 3 is 2.92 bits per heavy atom. The number of rotatable bonds is 5. The molecule has 3 nitrogen and oxygen atoms in total. The Morgan fingerprint density at radius 1 is 1.54 bits per heavy atom. The van der Waals surface area contributed by atoms with Crippen molar-refractivity contribution in [3.63, 3.8) is 0 Å². The second-order valence-corrected chi connectivity index (χ2v) is 2.65. The average Bonchev–Trinajstić information content (AvgIpc) is 2.19. The molecular formula is C10H14N2O. The van der Waals surface area contributed by atoms with Crippen molar-refractivity contribution in [3.8, 4) is 0 Å². The molecule has 0 aliphatic rings. The molecule has 0 saturated carbocycles. The average molecular weight is 178 g/mol. The maximum absolute atomic E-state index is 8.82. The molecule has 0 unspecified atom stereocenters. The van der Waals surface area contributed by atoms with E-state index in [4.69, 9.17) is 5.11 Å². The van der Waals surface area contributed by atoms with Gasteiger partial charge in [0, 0.05) is 19.3 Å². The summed E-state index contributed by atoms with van der Waals surface area (Å²) in [7, 11) is 0. The van der Waals surface area contributed by atoms with Crippen LogP contribution in [0.1, 0.15) is 0 Å². The molecule has 0 saturated heterocycles. The molecule has 0 aliphatic heterocycles. The summed E-state index contributed by atoms with van der Waals surface area (Å²) in [6, 6.07) is 5.71. The minimum Gasteiger partial charge on any atom is -0.395 e. The zero-order valence-electron chi connectivity index (χ0n) is 7.56. The first kappa shape index (κ1) is 9.74. The van der Waals surface area contributed by atoms with Gasteiger partial charge in [-0.3, -0.25) is 0 Å². The van der Waals surface area contributed by atoms with E-state index >= 15 is 0 Å². The minimum absolute atomic E-state index is 0.129. The second kappa shape index (κ2) is 5.32. The number of aliphatic hydroxyl groups excluding tert-OH is 1. The zero-order chi connectivity index (χ0) is 9.52. The lowest BCUT2D eigenvalue weighted by molar-refractivity contribution is 0.302. The fourth-order valence-corrected chi connectivity index (χ4v) is 1.12. The van der Waals surface area contributed by atoms with Crippen LogP contribution >= 0.6 is 0 Å². The molecule has 0 fully saturated rings. The molecule has 0 aliphatic carbocycles. The number of anilines is 1. The second-order valence-electron chi connectivity index (χ2n) is 2.65. The van der Waals surface area contributed by atoms with Gasteiger partial charge in [-0.1, -0.05) is 12.1 Å². The molecule has 0 radical (unpaired) electrons. The van der Waals surface area contributed by atoms with Gasteiger partial charge in [0.05, 0.1) is 6.61 Å². The molecule has 1 N–H and O–H groups in total. The molecule has 1 heterocycles. The third-order valence-corrected chi connectivity index (χ3v) is 1.69. The lowest BCUT2D eigenvalue weighted by Gasteiger charge is -2.20. The number of pyridine rings is 1. The summed E-state index contributed by atoms with van der Waals surface area (Å²) in [5.74, 6) is 0.872. The van der Waals surface area contributed by atoms with Crippen LogP contribution in [0.4, 0.5) is 5.82 Å². The van der Waals surface area contributed by atoms with Gasteiger partial charge in [0.15, 0.2) is 0 Å². The zero-order valence-corrected chi connectivity index (χ0v) is 7.56. The van der Waals surface area contributed by atoms with E-state index in [0.717, 1.165) is 5.82 Å². The third-order valence-electron chi connectivity index (χ3n) is 1.69. The molecule has 0 bridgehead atoms. The van der Waals surface area contributed by atoms with Gasteiger partial charge in [-0.15, -0.1) is 6.58 Å². The fourth-order valence-electron chi connectivity index (χ4n) is 1.12. The molecule has 1 aromatic heterocycles. The van der Waals surface area contributed by atoms with Crippen molar-refractivity contribution in [1.29, 1.82) is 0 Å². The summed E-state index contributed by atoms with van der Waals surface area (Å²) in [6.45, 7) is 5.08. The normalized spacial score (nSPS) is 9.62. The van der Waals surface area contributed by atoms with Crippen molar-refractivity contribution in [2.24, 2.45) is 0 Å². The molecule has 0 amide bonds. The van der Waals surface area contributed by atoms with Gasteiger partial charge < -0.3 is 10.0 Å².